The van der Waals surface area contributed by atoms with Crippen molar-refractivity contribution in [3.05, 3.63) is 52.7 Å². The minimum atomic E-state index is -0.188. The summed E-state index contributed by atoms with van der Waals surface area (Å²) in [6.45, 7) is 2.00. The van der Waals surface area contributed by atoms with E-state index in [0.29, 0.717) is 11.3 Å². The molecule has 0 saturated carbocycles. The van der Waals surface area contributed by atoms with Crippen LogP contribution in [0.1, 0.15) is 5.56 Å². The third-order valence-electron chi connectivity index (χ3n) is 2.73. The summed E-state index contributed by atoms with van der Waals surface area (Å²) in [5.41, 5.74) is 2.34. The Hall–Kier alpha value is -2.43. The zero-order chi connectivity index (χ0) is 11.8. The van der Waals surface area contributed by atoms with E-state index in [1.807, 2.05) is 31.2 Å². The number of rotatable bonds is 1. The molecule has 0 fully saturated rings. The summed E-state index contributed by atoms with van der Waals surface area (Å²) in [6, 6.07) is 7.88. The van der Waals surface area contributed by atoms with Gasteiger partial charge in [0.1, 0.15) is 6.33 Å². The fourth-order valence-corrected chi connectivity index (χ4v) is 1.84. The van der Waals surface area contributed by atoms with E-state index >= 15 is 0 Å². The molecule has 3 rings (SSSR count). The normalized spacial score (nSPS) is 10.9. The van der Waals surface area contributed by atoms with Gasteiger partial charge in [0.15, 0.2) is 11.3 Å². The fraction of sp³-hybridized carbons (Fsp3) is 0.0833. The van der Waals surface area contributed by atoms with Crippen molar-refractivity contribution in [1.82, 2.24) is 19.6 Å². The number of H-pyrrole nitrogens is 1. The number of imidazole rings is 1. The molecule has 84 valence electrons. The van der Waals surface area contributed by atoms with Crippen LogP contribution in [0.5, 0.6) is 0 Å². The molecule has 0 aliphatic carbocycles. The van der Waals surface area contributed by atoms with E-state index in [2.05, 4.69) is 15.1 Å². The van der Waals surface area contributed by atoms with Gasteiger partial charge < -0.3 is 4.98 Å². The average Bonchev–Trinajstić information content (AvgIpc) is 2.75. The van der Waals surface area contributed by atoms with Crippen molar-refractivity contribution in [2.45, 2.75) is 6.92 Å². The van der Waals surface area contributed by atoms with Crippen LogP contribution < -0.4 is 5.56 Å². The molecule has 0 aliphatic rings. The van der Waals surface area contributed by atoms with Gasteiger partial charge in [-0.25, -0.2) is 9.50 Å². The minimum absolute atomic E-state index is 0.188. The van der Waals surface area contributed by atoms with Crippen LogP contribution in [0.4, 0.5) is 0 Å². The van der Waals surface area contributed by atoms with Crippen molar-refractivity contribution in [1.29, 1.82) is 0 Å². The Bertz CT molecular complexity index is 741. The van der Waals surface area contributed by atoms with Crippen LogP contribution in [0, 0.1) is 6.92 Å². The largest absolute Gasteiger partial charge is 0.310 e. The monoisotopic (exact) mass is 226 g/mol. The predicted molar refractivity (Wildman–Crippen MR) is 63.8 cm³/mol. The Morgan fingerprint density at radius 3 is 2.94 bits per heavy atom. The summed E-state index contributed by atoms with van der Waals surface area (Å²) in [7, 11) is 0. The van der Waals surface area contributed by atoms with Gasteiger partial charge in [-0.15, -0.1) is 0 Å². The number of hydrogen-bond donors (Lipinski definition) is 1. The van der Waals surface area contributed by atoms with Crippen molar-refractivity contribution >= 4 is 5.52 Å². The van der Waals surface area contributed by atoms with Gasteiger partial charge >= 0.3 is 0 Å². The molecule has 1 N–H and O–H groups in total. The number of aromatic nitrogens is 4. The maximum Gasteiger partial charge on any atom is 0.276 e. The van der Waals surface area contributed by atoms with Crippen LogP contribution in [0.2, 0.25) is 0 Å². The molecular weight excluding hydrogens is 216 g/mol. The summed E-state index contributed by atoms with van der Waals surface area (Å²) in [5.74, 6) is 0.684. The number of fused-ring (bicyclic) bond motifs is 1. The summed E-state index contributed by atoms with van der Waals surface area (Å²) in [4.78, 5) is 18.3. The number of benzene rings is 1. The quantitative estimate of drug-likeness (QED) is 0.682. The van der Waals surface area contributed by atoms with Crippen LogP contribution in [0.3, 0.4) is 0 Å². The second-order valence-electron chi connectivity index (χ2n) is 3.81. The molecule has 0 bridgehead atoms. The summed E-state index contributed by atoms with van der Waals surface area (Å²) < 4.78 is 1.56. The Balaban J connectivity index is 2.36. The van der Waals surface area contributed by atoms with Crippen molar-refractivity contribution in [3.63, 3.8) is 0 Å². The third-order valence-corrected chi connectivity index (χ3v) is 2.73. The molecule has 2 aromatic heterocycles. The van der Waals surface area contributed by atoms with E-state index in [-0.39, 0.29) is 5.56 Å². The lowest BCUT2D eigenvalue weighted by molar-refractivity contribution is 0.886. The van der Waals surface area contributed by atoms with Crippen LogP contribution in [0.25, 0.3) is 16.9 Å². The lowest BCUT2D eigenvalue weighted by atomic mass is 10.1. The molecule has 0 aliphatic heterocycles. The average molecular weight is 226 g/mol. The van der Waals surface area contributed by atoms with Gasteiger partial charge in [-0.2, -0.15) is 5.10 Å². The molecule has 5 heteroatoms. The van der Waals surface area contributed by atoms with Crippen LogP contribution in [-0.4, -0.2) is 19.6 Å². The highest BCUT2D eigenvalue weighted by Crippen LogP contribution is 2.20. The highest BCUT2D eigenvalue weighted by atomic mass is 16.1. The lowest BCUT2D eigenvalue weighted by Gasteiger charge is -2.03. The molecule has 3 aromatic rings. The van der Waals surface area contributed by atoms with Crippen molar-refractivity contribution < 1.29 is 0 Å². The number of aryl methyl sites for hydroxylation is 1. The molecule has 0 atom stereocenters. The number of nitrogens with zero attached hydrogens (tertiary/aromatic N) is 3. The predicted octanol–water partition coefficient (Wildman–Crippen LogP) is 1.39. The van der Waals surface area contributed by atoms with Gasteiger partial charge in [0.25, 0.3) is 5.56 Å². The second-order valence-corrected chi connectivity index (χ2v) is 3.81. The van der Waals surface area contributed by atoms with Gasteiger partial charge in [0.2, 0.25) is 0 Å². The Labute approximate surface area is 96.8 Å². The van der Waals surface area contributed by atoms with Gasteiger partial charge in [0, 0.05) is 5.56 Å². The number of aromatic amines is 1. The van der Waals surface area contributed by atoms with E-state index in [9.17, 15) is 4.79 Å². The molecule has 1 aromatic carbocycles. The topological polar surface area (TPSA) is 63.0 Å². The molecule has 0 spiro atoms. The van der Waals surface area contributed by atoms with E-state index in [4.69, 9.17) is 0 Å². The summed E-state index contributed by atoms with van der Waals surface area (Å²) in [6.07, 6.45) is 2.91. The maximum absolute atomic E-state index is 11.6. The molecule has 0 radical (unpaired) electrons. The third kappa shape index (κ3) is 1.44. The Morgan fingerprint density at radius 1 is 1.29 bits per heavy atom. The van der Waals surface area contributed by atoms with Gasteiger partial charge in [-0.3, -0.25) is 4.79 Å². The highest BCUT2D eigenvalue weighted by molar-refractivity contribution is 5.64. The first-order valence-electron chi connectivity index (χ1n) is 5.25. The zero-order valence-electron chi connectivity index (χ0n) is 9.21. The standard InChI is InChI=1S/C12H10N4O/c1-8-4-2-3-5-9(8)11-13-6-10-12(17)14-7-15-16(10)11/h2-7H,1H3,(H,14,15,17). The van der Waals surface area contributed by atoms with E-state index in [1.165, 1.54) is 12.5 Å². The first kappa shape index (κ1) is 9.77. The first-order chi connectivity index (χ1) is 8.27. The van der Waals surface area contributed by atoms with Gasteiger partial charge in [0.05, 0.1) is 6.20 Å². The molecular formula is C12H10N4O. The van der Waals surface area contributed by atoms with E-state index in [0.717, 1.165) is 11.1 Å². The number of nitrogens with one attached hydrogen (secondary N) is 1. The van der Waals surface area contributed by atoms with Crippen molar-refractivity contribution in [3.8, 4) is 11.4 Å². The SMILES string of the molecule is Cc1ccccc1-c1ncc2c(=O)[nH]cnn12. The molecule has 0 unspecified atom stereocenters. The van der Waals surface area contributed by atoms with Crippen molar-refractivity contribution in [2.75, 3.05) is 0 Å². The van der Waals surface area contributed by atoms with Crippen molar-refractivity contribution in [2.24, 2.45) is 0 Å². The minimum Gasteiger partial charge on any atom is -0.310 e. The fourth-order valence-electron chi connectivity index (χ4n) is 1.84. The smallest absolute Gasteiger partial charge is 0.276 e. The van der Waals surface area contributed by atoms with Crippen LogP contribution in [-0.2, 0) is 0 Å². The molecule has 0 saturated heterocycles. The molecule has 2 heterocycles. The molecule has 5 nitrogen and oxygen atoms in total. The Kier molecular flexibility index (Phi) is 2.04. The highest BCUT2D eigenvalue weighted by Gasteiger charge is 2.10. The first-order valence-corrected chi connectivity index (χ1v) is 5.25. The number of hydrogen-bond acceptors (Lipinski definition) is 3. The summed E-state index contributed by atoms with van der Waals surface area (Å²) in [5, 5.41) is 4.12. The van der Waals surface area contributed by atoms with Gasteiger partial charge in [-0.1, -0.05) is 24.3 Å². The van der Waals surface area contributed by atoms with Crippen LogP contribution in [0.15, 0.2) is 41.6 Å². The zero-order valence-corrected chi connectivity index (χ0v) is 9.21. The van der Waals surface area contributed by atoms with E-state index < -0.39 is 0 Å². The lowest BCUT2D eigenvalue weighted by Crippen LogP contribution is -2.10. The molecule has 0 amide bonds. The second kappa shape index (κ2) is 3.55. The Morgan fingerprint density at radius 2 is 2.12 bits per heavy atom. The van der Waals surface area contributed by atoms with E-state index in [1.54, 1.807) is 4.52 Å². The maximum atomic E-state index is 11.6. The molecule has 17 heavy (non-hydrogen) atoms. The summed E-state index contributed by atoms with van der Waals surface area (Å²) >= 11 is 0. The van der Waals surface area contributed by atoms with Crippen LogP contribution >= 0.6 is 0 Å². The van der Waals surface area contributed by atoms with Gasteiger partial charge in [-0.05, 0) is 12.5 Å².